The van der Waals surface area contributed by atoms with Gasteiger partial charge in [0, 0.05) is 29.0 Å². The van der Waals surface area contributed by atoms with Crippen molar-refractivity contribution in [3.63, 3.8) is 0 Å². The molecule has 7 heteroatoms. The number of nitrogens with one attached hydrogen (secondary N) is 1. The molecule has 1 aromatic heterocycles. The fourth-order valence-electron chi connectivity index (χ4n) is 2.00. The number of non-ortho nitro benzene ring substituents is 1. The van der Waals surface area contributed by atoms with E-state index < -0.39 is 10.9 Å². The monoisotopic (exact) mass is 308 g/mol. The van der Waals surface area contributed by atoms with Crippen LogP contribution in [0.15, 0.2) is 24.3 Å². The van der Waals surface area contributed by atoms with Crippen molar-refractivity contribution >= 4 is 23.3 Å². The van der Waals surface area contributed by atoms with E-state index in [0.717, 1.165) is 5.69 Å². The van der Waals surface area contributed by atoms with Crippen LogP contribution in [0.4, 0.5) is 5.69 Å². The molecule has 0 fully saturated rings. The van der Waals surface area contributed by atoms with Gasteiger partial charge in [0.1, 0.15) is 5.69 Å². The summed E-state index contributed by atoms with van der Waals surface area (Å²) in [6.07, 6.45) is 0. The molecule has 0 aliphatic rings. The maximum Gasteiger partial charge on any atom is 0.355 e. The molecular weight excluding hydrogens is 296 g/mol. The number of esters is 1. The van der Waals surface area contributed by atoms with Crippen molar-refractivity contribution in [2.45, 2.75) is 13.8 Å². The zero-order valence-corrected chi connectivity index (χ0v) is 12.2. The maximum absolute atomic E-state index is 11.9. The largest absolute Gasteiger partial charge is 0.461 e. The van der Waals surface area contributed by atoms with Crippen molar-refractivity contribution < 1.29 is 14.5 Å². The van der Waals surface area contributed by atoms with E-state index in [1.54, 1.807) is 19.9 Å². The van der Waals surface area contributed by atoms with Crippen LogP contribution in [0.2, 0.25) is 5.02 Å². The van der Waals surface area contributed by atoms with Gasteiger partial charge in [0.05, 0.1) is 16.6 Å². The van der Waals surface area contributed by atoms with Gasteiger partial charge in [-0.2, -0.15) is 0 Å². The summed E-state index contributed by atoms with van der Waals surface area (Å²) in [6, 6.07) is 5.87. The standard InChI is InChI=1S/C14H13ClN2O4/c1-3-21-14(18)13-11(6-8(2)16-13)10-5-4-9(17(19)20)7-12(10)15/h4-7,16H,3H2,1-2H3. The fraction of sp³-hybridized carbons (Fsp3) is 0.214. The Morgan fingerprint density at radius 3 is 2.67 bits per heavy atom. The van der Waals surface area contributed by atoms with Crippen LogP contribution in [0.1, 0.15) is 23.1 Å². The molecule has 2 rings (SSSR count). The first-order chi connectivity index (χ1) is 9.93. The number of hydrogen-bond acceptors (Lipinski definition) is 4. The van der Waals surface area contributed by atoms with E-state index >= 15 is 0 Å². The Hall–Kier alpha value is -2.34. The molecular formula is C14H13ClN2O4. The zero-order valence-electron chi connectivity index (χ0n) is 11.5. The van der Waals surface area contributed by atoms with Crippen molar-refractivity contribution in [2.24, 2.45) is 0 Å². The third kappa shape index (κ3) is 3.05. The number of carbonyl (C=O) groups excluding carboxylic acids is 1. The molecule has 0 saturated carbocycles. The van der Waals surface area contributed by atoms with Gasteiger partial charge in [-0.25, -0.2) is 4.79 Å². The first-order valence-corrected chi connectivity index (χ1v) is 6.63. The maximum atomic E-state index is 11.9. The number of aryl methyl sites for hydroxylation is 1. The Balaban J connectivity index is 2.52. The highest BCUT2D eigenvalue weighted by Gasteiger charge is 2.20. The summed E-state index contributed by atoms with van der Waals surface area (Å²) in [5.74, 6) is -0.491. The number of carbonyl (C=O) groups is 1. The number of aromatic amines is 1. The van der Waals surface area contributed by atoms with E-state index in [2.05, 4.69) is 4.98 Å². The Morgan fingerprint density at radius 2 is 2.10 bits per heavy atom. The molecule has 0 spiro atoms. The normalized spacial score (nSPS) is 10.4. The predicted molar refractivity (Wildman–Crippen MR) is 78.6 cm³/mol. The molecule has 1 heterocycles. The van der Waals surface area contributed by atoms with Gasteiger partial charge in [-0.3, -0.25) is 10.1 Å². The Kier molecular flexibility index (Phi) is 4.28. The summed E-state index contributed by atoms with van der Waals surface area (Å²) in [7, 11) is 0. The van der Waals surface area contributed by atoms with Gasteiger partial charge in [0.25, 0.3) is 5.69 Å². The molecule has 0 unspecified atom stereocenters. The molecule has 1 N–H and O–H groups in total. The number of nitro benzene ring substituents is 1. The third-order valence-corrected chi connectivity index (χ3v) is 3.20. The van der Waals surface area contributed by atoms with E-state index in [0.29, 0.717) is 11.1 Å². The number of nitrogens with zero attached hydrogens (tertiary/aromatic N) is 1. The van der Waals surface area contributed by atoms with E-state index in [-0.39, 0.29) is 23.0 Å². The number of benzene rings is 1. The molecule has 21 heavy (non-hydrogen) atoms. The van der Waals surface area contributed by atoms with Gasteiger partial charge in [-0.1, -0.05) is 11.6 Å². The zero-order chi connectivity index (χ0) is 15.6. The predicted octanol–water partition coefficient (Wildman–Crippen LogP) is 3.73. The number of rotatable bonds is 4. The number of ether oxygens (including phenoxy) is 1. The average Bonchev–Trinajstić information content (AvgIpc) is 2.80. The summed E-state index contributed by atoms with van der Waals surface area (Å²) in [4.78, 5) is 25.1. The van der Waals surface area contributed by atoms with Gasteiger partial charge in [-0.05, 0) is 26.0 Å². The van der Waals surface area contributed by atoms with Crippen LogP contribution >= 0.6 is 11.6 Å². The molecule has 110 valence electrons. The minimum absolute atomic E-state index is 0.103. The molecule has 2 aromatic rings. The Morgan fingerprint density at radius 1 is 1.38 bits per heavy atom. The van der Waals surface area contributed by atoms with Crippen LogP contribution in [0.3, 0.4) is 0 Å². The molecule has 0 bridgehead atoms. The molecule has 0 amide bonds. The number of hydrogen-bond donors (Lipinski definition) is 1. The minimum Gasteiger partial charge on any atom is -0.461 e. The molecule has 0 aliphatic carbocycles. The molecule has 0 radical (unpaired) electrons. The molecule has 1 aromatic carbocycles. The lowest BCUT2D eigenvalue weighted by molar-refractivity contribution is -0.384. The topological polar surface area (TPSA) is 85.2 Å². The second-order valence-corrected chi connectivity index (χ2v) is 4.79. The van der Waals surface area contributed by atoms with Crippen LogP contribution in [0.25, 0.3) is 11.1 Å². The van der Waals surface area contributed by atoms with Crippen molar-refractivity contribution in [2.75, 3.05) is 6.61 Å². The van der Waals surface area contributed by atoms with E-state index in [1.165, 1.54) is 18.2 Å². The average molecular weight is 309 g/mol. The highest BCUT2D eigenvalue weighted by Crippen LogP contribution is 2.34. The summed E-state index contributed by atoms with van der Waals surface area (Å²) in [5, 5.41) is 10.9. The number of halogens is 1. The third-order valence-electron chi connectivity index (χ3n) is 2.89. The minimum atomic E-state index is -0.524. The van der Waals surface area contributed by atoms with Gasteiger partial charge in [0.15, 0.2) is 0 Å². The summed E-state index contributed by atoms with van der Waals surface area (Å²) < 4.78 is 4.98. The van der Waals surface area contributed by atoms with E-state index in [4.69, 9.17) is 16.3 Å². The first kappa shape index (κ1) is 15.1. The Labute approximate surface area is 125 Å². The van der Waals surface area contributed by atoms with Crippen molar-refractivity contribution in [1.29, 1.82) is 0 Å². The summed E-state index contributed by atoms with van der Waals surface area (Å²) in [6.45, 7) is 3.77. The van der Waals surface area contributed by atoms with E-state index in [1.807, 2.05) is 0 Å². The summed E-state index contributed by atoms with van der Waals surface area (Å²) in [5.41, 5.74) is 2.04. The lowest BCUT2D eigenvalue weighted by atomic mass is 10.1. The first-order valence-electron chi connectivity index (χ1n) is 6.25. The van der Waals surface area contributed by atoms with E-state index in [9.17, 15) is 14.9 Å². The van der Waals surface area contributed by atoms with Gasteiger partial charge >= 0.3 is 5.97 Å². The van der Waals surface area contributed by atoms with Crippen molar-refractivity contribution in [1.82, 2.24) is 4.98 Å². The molecule has 6 nitrogen and oxygen atoms in total. The van der Waals surface area contributed by atoms with Crippen molar-refractivity contribution in [3.05, 3.63) is 50.8 Å². The summed E-state index contributed by atoms with van der Waals surface area (Å²) >= 11 is 6.10. The second kappa shape index (κ2) is 5.97. The number of H-pyrrole nitrogens is 1. The fourth-order valence-corrected chi connectivity index (χ4v) is 2.28. The number of nitro groups is 1. The lowest BCUT2D eigenvalue weighted by Gasteiger charge is -2.06. The molecule has 0 aliphatic heterocycles. The van der Waals surface area contributed by atoms with Gasteiger partial charge in [-0.15, -0.1) is 0 Å². The van der Waals surface area contributed by atoms with Crippen LogP contribution in [0.5, 0.6) is 0 Å². The van der Waals surface area contributed by atoms with Crippen molar-refractivity contribution in [3.8, 4) is 11.1 Å². The van der Waals surface area contributed by atoms with Crippen LogP contribution in [-0.2, 0) is 4.74 Å². The molecule has 0 atom stereocenters. The SMILES string of the molecule is CCOC(=O)c1[nH]c(C)cc1-c1ccc([N+](=O)[O-])cc1Cl. The highest BCUT2D eigenvalue weighted by atomic mass is 35.5. The van der Waals surface area contributed by atoms with Gasteiger partial charge in [0.2, 0.25) is 0 Å². The quantitative estimate of drug-likeness (QED) is 0.530. The smallest absolute Gasteiger partial charge is 0.355 e. The molecule has 0 saturated heterocycles. The second-order valence-electron chi connectivity index (χ2n) is 4.38. The van der Waals surface area contributed by atoms with Gasteiger partial charge < -0.3 is 9.72 Å². The van der Waals surface area contributed by atoms with Crippen LogP contribution in [0, 0.1) is 17.0 Å². The number of aromatic nitrogens is 1. The van der Waals surface area contributed by atoms with Crippen LogP contribution < -0.4 is 0 Å². The highest BCUT2D eigenvalue weighted by molar-refractivity contribution is 6.33. The lowest BCUT2D eigenvalue weighted by Crippen LogP contribution is -2.06. The van der Waals surface area contributed by atoms with Crippen LogP contribution in [-0.4, -0.2) is 22.5 Å². The Bertz CT molecular complexity index is 709.